The summed E-state index contributed by atoms with van der Waals surface area (Å²) < 4.78 is 0. The van der Waals surface area contributed by atoms with E-state index < -0.39 is 5.97 Å². The zero-order chi connectivity index (χ0) is 13.2. The Morgan fingerprint density at radius 3 is 2.53 bits per heavy atom. The van der Waals surface area contributed by atoms with Gasteiger partial charge in [0.15, 0.2) is 0 Å². The van der Waals surface area contributed by atoms with Crippen molar-refractivity contribution < 1.29 is 9.90 Å². The van der Waals surface area contributed by atoms with Crippen LogP contribution in [-0.2, 0) is 17.6 Å². The van der Waals surface area contributed by atoms with Crippen LogP contribution in [0.15, 0.2) is 48.5 Å². The van der Waals surface area contributed by atoms with E-state index in [0.29, 0.717) is 6.42 Å². The Kier molecular flexibility index (Phi) is 3.08. The van der Waals surface area contributed by atoms with Crippen molar-refractivity contribution in [2.24, 2.45) is 5.92 Å². The first-order valence-corrected chi connectivity index (χ1v) is 6.64. The second kappa shape index (κ2) is 4.88. The molecule has 3 rings (SSSR count). The van der Waals surface area contributed by atoms with Gasteiger partial charge in [-0.1, -0.05) is 48.5 Å². The molecule has 0 saturated heterocycles. The van der Waals surface area contributed by atoms with Gasteiger partial charge in [0.05, 0.1) is 5.92 Å². The Labute approximate surface area is 112 Å². The molecule has 0 radical (unpaired) electrons. The summed E-state index contributed by atoms with van der Waals surface area (Å²) >= 11 is 0. The summed E-state index contributed by atoms with van der Waals surface area (Å²) in [6.45, 7) is 0. The molecule has 0 bridgehead atoms. The van der Waals surface area contributed by atoms with Crippen LogP contribution in [0.2, 0.25) is 0 Å². The van der Waals surface area contributed by atoms with E-state index in [0.717, 1.165) is 12.8 Å². The molecular formula is C17H16O2. The molecule has 1 N–H and O–H groups in total. The van der Waals surface area contributed by atoms with E-state index in [4.69, 9.17) is 5.11 Å². The number of fused-ring (bicyclic) bond motifs is 1. The molecule has 1 atom stereocenters. The Morgan fingerprint density at radius 1 is 1.00 bits per heavy atom. The van der Waals surface area contributed by atoms with Gasteiger partial charge in [0.2, 0.25) is 0 Å². The standard InChI is InChI=1S/C17H16O2/c18-17(19)16-9-8-14-10-13(6-7-15(14)11-16)12-4-2-1-3-5-12/h1-7,10,16H,8-9,11H2,(H,18,19). The number of rotatable bonds is 2. The third kappa shape index (κ3) is 2.39. The highest BCUT2D eigenvalue weighted by Gasteiger charge is 2.24. The summed E-state index contributed by atoms with van der Waals surface area (Å²) in [6.07, 6.45) is 2.29. The van der Waals surface area contributed by atoms with Crippen LogP contribution >= 0.6 is 0 Å². The molecule has 1 unspecified atom stereocenters. The van der Waals surface area contributed by atoms with Gasteiger partial charge in [-0.2, -0.15) is 0 Å². The molecule has 19 heavy (non-hydrogen) atoms. The monoisotopic (exact) mass is 252 g/mol. The van der Waals surface area contributed by atoms with Gasteiger partial charge in [-0.15, -0.1) is 0 Å². The molecule has 1 aliphatic rings. The molecule has 0 fully saturated rings. The van der Waals surface area contributed by atoms with Crippen LogP contribution < -0.4 is 0 Å². The fourth-order valence-corrected chi connectivity index (χ4v) is 2.78. The number of benzene rings is 2. The largest absolute Gasteiger partial charge is 0.481 e. The van der Waals surface area contributed by atoms with E-state index in [1.807, 2.05) is 18.2 Å². The van der Waals surface area contributed by atoms with E-state index in [-0.39, 0.29) is 5.92 Å². The summed E-state index contributed by atoms with van der Waals surface area (Å²) in [6, 6.07) is 16.7. The molecule has 2 nitrogen and oxygen atoms in total. The summed E-state index contributed by atoms with van der Waals surface area (Å²) in [5.41, 5.74) is 4.93. The molecule has 0 saturated carbocycles. The van der Waals surface area contributed by atoms with Crippen LogP contribution in [-0.4, -0.2) is 11.1 Å². The van der Waals surface area contributed by atoms with Gasteiger partial charge < -0.3 is 5.11 Å². The Bertz CT molecular complexity index is 602. The minimum Gasteiger partial charge on any atom is -0.481 e. The van der Waals surface area contributed by atoms with Crippen molar-refractivity contribution in [3.05, 3.63) is 59.7 Å². The molecule has 0 amide bonds. The quantitative estimate of drug-likeness (QED) is 0.887. The van der Waals surface area contributed by atoms with Gasteiger partial charge in [0.25, 0.3) is 0 Å². The zero-order valence-electron chi connectivity index (χ0n) is 10.7. The Morgan fingerprint density at radius 2 is 1.79 bits per heavy atom. The van der Waals surface area contributed by atoms with Gasteiger partial charge in [-0.3, -0.25) is 4.79 Å². The fourth-order valence-electron chi connectivity index (χ4n) is 2.78. The zero-order valence-corrected chi connectivity index (χ0v) is 10.7. The van der Waals surface area contributed by atoms with E-state index in [1.165, 1.54) is 22.3 Å². The highest BCUT2D eigenvalue weighted by molar-refractivity contribution is 5.71. The lowest BCUT2D eigenvalue weighted by Gasteiger charge is -2.22. The van der Waals surface area contributed by atoms with Crippen molar-refractivity contribution in [2.45, 2.75) is 19.3 Å². The molecule has 2 heteroatoms. The SMILES string of the molecule is O=C(O)C1CCc2cc(-c3ccccc3)ccc2C1. The van der Waals surface area contributed by atoms with E-state index in [9.17, 15) is 4.79 Å². The average molecular weight is 252 g/mol. The second-order valence-electron chi connectivity index (χ2n) is 5.13. The Hall–Kier alpha value is -2.09. The Balaban J connectivity index is 1.92. The summed E-state index contributed by atoms with van der Waals surface area (Å²) in [5, 5.41) is 9.10. The van der Waals surface area contributed by atoms with Crippen molar-refractivity contribution in [3.63, 3.8) is 0 Å². The number of carboxylic acids is 1. The van der Waals surface area contributed by atoms with E-state index in [2.05, 4.69) is 30.3 Å². The first-order valence-electron chi connectivity index (χ1n) is 6.64. The van der Waals surface area contributed by atoms with Crippen molar-refractivity contribution in [1.29, 1.82) is 0 Å². The third-order valence-corrected chi connectivity index (χ3v) is 3.89. The predicted octanol–water partition coefficient (Wildman–Crippen LogP) is 3.54. The highest BCUT2D eigenvalue weighted by atomic mass is 16.4. The van der Waals surface area contributed by atoms with Crippen LogP contribution in [0.4, 0.5) is 0 Å². The molecule has 0 aromatic heterocycles. The fraction of sp³-hybridized carbons (Fsp3) is 0.235. The molecule has 2 aromatic carbocycles. The first kappa shape index (κ1) is 12.0. The second-order valence-corrected chi connectivity index (χ2v) is 5.13. The van der Waals surface area contributed by atoms with Crippen LogP contribution in [0.5, 0.6) is 0 Å². The molecule has 0 heterocycles. The van der Waals surface area contributed by atoms with E-state index in [1.54, 1.807) is 0 Å². The number of hydrogen-bond donors (Lipinski definition) is 1. The summed E-state index contributed by atoms with van der Waals surface area (Å²) in [4.78, 5) is 11.1. The first-order chi connectivity index (χ1) is 9.24. The molecule has 1 aliphatic carbocycles. The molecule has 0 spiro atoms. The van der Waals surface area contributed by atoms with Crippen LogP contribution in [0.25, 0.3) is 11.1 Å². The number of aryl methyl sites for hydroxylation is 1. The predicted molar refractivity (Wildman–Crippen MR) is 75.0 cm³/mol. The molecule has 96 valence electrons. The lowest BCUT2D eigenvalue weighted by molar-refractivity contribution is -0.142. The van der Waals surface area contributed by atoms with Crippen molar-refractivity contribution in [3.8, 4) is 11.1 Å². The van der Waals surface area contributed by atoms with Crippen molar-refractivity contribution >= 4 is 5.97 Å². The smallest absolute Gasteiger partial charge is 0.306 e. The van der Waals surface area contributed by atoms with Crippen molar-refractivity contribution in [2.75, 3.05) is 0 Å². The summed E-state index contributed by atoms with van der Waals surface area (Å²) in [7, 11) is 0. The maximum absolute atomic E-state index is 11.1. The number of hydrogen-bond acceptors (Lipinski definition) is 1. The highest BCUT2D eigenvalue weighted by Crippen LogP contribution is 2.29. The van der Waals surface area contributed by atoms with Gasteiger partial charge >= 0.3 is 5.97 Å². The van der Waals surface area contributed by atoms with Gasteiger partial charge in [-0.25, -0.2) is 0 Å². The lowest BCUT2D eigenvalue weighted by atomic mass is 9.83. The average Bonchev–Trinajstić information content (AvgIpc) is 2.47. The van der Waals surface area contributed by atoms with Gasteiger partial charge in [-0.05, 0) is 41.5 Å². The number of carboxylic acid groups (broad SMARTS) is 1. The molecular weight excluding hydrogens is 236 g/mol. The van der Waals surface area contributed by atoms with Crippen LogP contribution in [0, 0.1) is 5.92 Å². The topological polar surface area (TPSA) is 37.3 Å². The number of aliphatic carboxylic acids is 1. The van der Waals surface area contributed by atoms with E-state index >= 15 is 0 Å². The number of carbonyl (C=O) groups is 1. The minimum absolute atomic E-state index is 0.213. The normalized spacial score (nSPS) is 17.8. The molecule has 0 aliphatic heterocycles. The van der Waals surface area contributed by atoms with Gasteiger partial charge in [0, 0.05) is 0 Å². The van der Waals surface area contributed by atoms with Gasteiger partial charge in [0.1, 0.15) is 0 Å². The maximum Gasteiger partial charge on any atom is 0.306 e. The third-order valence-electron chi connectivity index (χ3n) is 3.89. The molecule has 2 aromatic rings. The maximum atomic E-state index is 11.1. The lowest BCUT2D eigenvalue weighted by Crippen LogP contribution is -2.22. The van der Waals surface area contributed by atoms with Crippen LogP contribution in [0.1, 0.15) is 17.5 Å². The summed E-state index contributed by atoms with van der Waals surface area (Å²) in [5.74, 6) is -0.882. The minimum atomic E-state index is -0.669. The van der Waals surface area contributed by atoms with Crippen molar-refractivity contribution in [1.82, 2.24) is 0 Å². The van der Waals surface area contributed by atoms with Crippen LogP contribution in [0.3, 0.4) is 0 Å².